The monoisotopic (exact) mass is 624 g/mol. The van der Waals surface area contributed by atoms with Crippen molar-refractivity contribution >= 4 is 17.7 Å². The zero-order valence-electron chi connectivity index (χ0n) is 30.4. The number of carbonyl (C=O) groups is 3. The van der Waals surface area contributed by atoms with Gasteiger partial charge >= 0.3 is 5.97 Å². The number of hydrogen-bond acceptors (Lipinski definition) is 5. The van der Waals surface area contributed by atoms with E-state index in [1.165, 1.54) is 5.57 Å². The molecule has 8 atom stereocenters. The third-order valence-electron chi connectivity index (χ3n) is 15.1. The average Bonchev–Trinajstić information content (AvgIpc) is 2.98. The average molecular weight is 625 g/mol. The van der Waals surface area contributed by atoms with E-state index >= 15 is 0 Å². The molecule has 5 aliphatic carbocycles. The molecule has 0 aromatic carbocycles. The second-order valence-electron chi connectivity index (χ2n) is 17.9. The fourth-order valence-corrected chi connectivity index (χ4v) is 12.2. The van der Waals surface area contributed by atoms with Crippen LogP contribution in [0.4, 0.5) is 0 Å². The minimum Gasteiger partial charge on any atom is -0.469 e. The van der Waals surface area contributed by atoms with E-state index in [-0.39, 0.29) is 51.2 Å². The summed E-state index contributed by atoms with van der Waals surface area (Å²) in [5.41, 5.74) is 0.655. The van der Waals surface area contributed by atoms with Crippen molar-refractivity contribution in [2.45, 2.75) is 127 Å². The first kappa shape index (κ1) is 34.6. The molecule has 0 spiro atoms. The molecule has 6 heteroatoms. The lowest BCUT2D eigenvalue weighted by molar-refractivity contribution is -0.196. The standard InChI is InChI=1S/C39H64N2O4/c1-11-41(12-2)23-13-22-40-32(43)26-24-36(7)29(35(5,6)31(26)42)16-17-38(9)30(36)15-14-27-28-25-34(3,4)18-20-39(28,33(44)45-10)21-19-37(27,38)8/h14,26,28-30H,11-13,15-25H2,1-10H3,(H,40,43)/t26?,28?,29?,30?,36-,37+,38+,39-/m0/s1. The highest BCUT2D eigenvalue weighted by molar-refractivity contribution is 6.04. The normalized spacial score (nSPS) is 41.6. The molecule has 0 radical (unpaired) electrons. The Kier molecular flexibility index (Phi) is 9.06. The van der Waals surface area contributed by atoms with Crippen LogP contribution in [0.2, 0.25) is 0 Å². The van der Waals surface area contributed by atoms with Gasteiger partial charge in [0.15, 0.2) is 5.78 Å². The molecule has 1 amide bonds. The number of nitrogens with one attached hydrogen (secondary N) is 1. The van der Waals surface area contributed by atoms with Crippen molar-refractivity contribution in [3.05, 3.63) is 11.6 Å². The maximum Gasteiger partial charge on any atom is 0.312 e. The smallest absolute Gasteiger partial charge is 0.312 e. The van der Waals surface area contributed by atoms with Crippen LogP contribution in [0.3, 0.4) is 0 Å². The molecule has 4 fully saturated rings. The number of esters is 1. The SMILES string of the molecule is CCN(CC)CCCNC(=O)C1C[C@@]2(C)C(CC[C@]3(C)C2CC=C2C4CC(C)(C)CC[C@]4(C(=O)OC)CC[C@]23C)C(C)(C)C1=O. The van der Waals surface area contributed by atoms with E-state index in [1.807, 2.05) is 0 Å². The molecule has 4 saturated carbocycles. The molecule has 0 saturated heterocycles. The maximum atomic E-state index is 14.1. The van der Waals surface area contributed by atoms with Crippen molar-refractivity contribution in [2.24, 2.45) is 56.2 Å². The lowest BCUT2D eigenvalue weighted by Gasteiger charge is -2.71. The molecule has 45 heavy (non-hydrogen) atoms. The van der Waals surface area contributed by atoms with Crippen molar-refractivity contribution in [1.82, 2.24) is 10.2 Å². The van der Waals surface area contributed by atoms with Crippen LogP contribution >= 0.6 is 0 Å². The first-order valence-electron chi connectivity index (χ1n) is 18.3. The molecule has 5 aliphatic rings. The number of rotatable bonds is 8. The Labute approximate surface area is 274 Å². The summed E-state index contributed by atoms with van der Waals surface area (Å²) >= 11 is 0. The first-order chi connectivity index (χ1) is 21.0. The zero-order valence-corrected chi connectivity index (χ0v) is 30.4. The van der Waals surface area contributed by atoms with Gasteiger partial charge in [0.1, 0.15) is 0 Å². The van der Waals surface area contributed by atoms with E-state index in [4.69, 9.17) is 4.74 Å². The minimum absolute atomic E-state index is 0.00705. The van der Waals surface area contributed by atoms with E-state index in [0.29, 0.717) is 18.9 Å². The molecular formula is C39H64N2O4. The Morgan fingerprint density at radius 2 is 1.60 bits per heavy atom. The summed E-state index contributed by atoms with van der Waals surface area (Å²) in [5.74, 6) is 0.327. The van der Waals surface area contributed by atoms with Crippen LogP contribution in [0.5, 0.6) is 0 Å². The van der Waals surface area contributed by atoms with Crippen LogP contribution in [0.1, 0.15) is 127 Å². The van der Waals surface area contributed by atoms with E-state index in [2.05, 4.69) is 78.6 Å². The van der Waals surface area contributed by atoms with E-state index < -0.39 is 16.7 Å². The molecule has 6 nitrogen and oxygen atoms in total. The lowest BCUT2D eigenvalue weighted by atomic mass is 9.33. The number of fused-ring (bicyclic) bond motifs is 7. The number of hydrogen-bond donors (Lipinski definition) is 1. The highest BCUT2D eigenvalue weighted by atomic mass is 16.5. The van der Waals surface area contributed by atoms with Gasteiger partial charge < -0.3 is 15.0 Å². The first-order valence-corrected chi connectivity index (χ1v) is 18.3. The highest BCUT2D eigenvalue weighted by Crippen LogP contribution is 2.75. The quantitative estimate of drug-likeness (QED) is 0.130. The number of nitrogens with zero attached hydrogens (tertiary/aromatic N) is 1. The van der Waals surface area contributed by atoms with Gasteiger partial charge in [-0.05, 0) is 123 Å². The number of amides is 1. The number of ketones is 1. The Morgan fingerprint density at radius 3 is 2.24 bits per heavy atom. The fraction of sp³-hybridized carbons (Fsp3) is 0.872. The predicted molar refractivity (Wildman–Crippen MR) is 180 cm³/mol. The van der Waals surface area contributed by atoms with Crippen molar-refractivity contribution in [2.75, 3.05) is 33.3 Å². The predicted octanol–water partition coefficient (Wildman–Crippen LogP) is 7.60. The Bertz CT molecular complexity index is 1220. The molecule has 0 bridgehead atoms. The van der Waals surface area contributed by atoms with Crippen LogP contribution in [-0.2, 0) is 19.1 Å². The van der Waals surface area contributed by atoms with Gasteiger partial charge in [-0.25, -0.2) is 0 Å². The fourth-order valence-electron chi connectivity index (χ4n) is 12.2. The Morgan fingerprint density at radius 1 is 0.933 bits per heavy atom. The third kappa shape index (κ3) is 5.17. The summed E-state index contributed by atoms with van der Waals surface area (Å²) in [6, 6.07) is 0. The van der Waals surface area contributed by atoms with Gasteiger partial charge in [-0.1, -0.05) is 74.0 Å². The highest BCUT2D eigenvalue weighted by Gasteiger charge is 2.70. The van der Waals surface area contributed by atoms with E-state index in [0.717, 1.165) is 77.4 Å². The molecule has 0 aliphatic heterocycles. The Balaban J connectivity index is 1.46. The molecule has 0 aromatic heterocycles. The van der Waals surface area contributed by atoms with Gasteiger partial charge in [-0.2, -0.15) is 0 Å². The molecular weight excluding hydrogens is 560 g/mol. The van der Waals surface area contributed by atoms with Crippen LogP contribution < -0.4 is 5.32 Å². The van der Waals surface area contributed by atoms with Gasteiger partial charge in [0.2, 0.25) is 5.91 Å². The lowest BCUT2D eigenvalue weighted by Crippen LogP contribution is -2.66. The minimum atomic E-state index is -0.590. The molecule has 0 heterocycles. The van der Waals surface area contributed by atoms with Gasteiger partial charge in [0.05, 0.1) is 18.4 Å². The number of ether oxygens (including phenoxy) is 1. The van der Waals surface area contributed by atoms with Crippen molar-refractivity contribution in [3.8, 4) is 0 Å². The van der Waals surface area contributed by atoms with Gasteiger partial charge in [-0.3, -0.25) is 14.4 Å². The number of methoxy groups -OCH3 is 1. The summed E-state index contributed by atoms with van der Waals surface area (Å²) in [5, 5.41) is 3.19. The number of carbonyl (C=O) groups excluding carboxylic acids is 3. The summed E-state index contributed by atoms with van der Waals surface area (Å²) in [7, 11) is 1.57. The second kappa shape index (κ2) is 11.8. The van der Waals surface area contributed by atoms with Gasteiger partial charge in [0.25, 0.3) is 0 Å². The summed E-state index contributed by atoms with van der Waals surface area (Å²) in [6.45, 7) is 24.4. The third-order valence-corrected chi connectivity index (χ3v) is 15.1. The van der Waals surface area contributed by atoms with E-state index in [9.17, 15) is 14.4 Å². The second-order valence-corrected chi connectivity index (χ2v) is 17.9. The van der Waals surface area contributed by atoms with Crippen molar-refractivity contribution in [1.29, 1.82) is 0 Å². The number of Topliss-reactive ketones (excluding diaryl/α,β-unsaturated/α-hetero) is 1. The topological polar surface area (TPSA) is 75.7 Å². The zero-order chi connectivity index (χ0) is 33.2. The van der Waals surface area contributed by atoms with Crippen LogP contribution in [-0.4, -0.2) is 55.8 Å². The molecule has 254 valence electrons. The van der Waals surface area contributed by atoms with Crippen molar-refractivity contribution < 1.29 is 19.1 Å². The Hall–Kier alpha value is -1.69. The molecule has 4 unspecified atom stereocenters. The largest absolute Gasteiger partial charge is 0.469 e. The van der Waals surface area contributed by atoms with Crippen molar-refractivity contribution in [3.63, 3.8) is 0 Å². The van der Waals surface area contributed by atoms with E-state index in [1.54, 1.807) is 7.11 Å². The maximum absolute atomic E-state index is 14.1. The summed E-state index contributed by atoms with van der Waals surface area (Å²) in [4.78, 5) is 43.8. The van der Waals surface area contributed by atoms with Gasteiger partial charge in [-0.15, -0.1) is 0 Å². The van der Waals surface area contributed by atoms with Crippen LogP contribution in [0, 0.1) is 56.2 Å². The molecule has 5 rings (SSSR count). The van der Waals surface area contributed by atoms with Crippen LogP contribution in [0.15, 0.2) is 11.6 Å². The summed E-state index contributed by atoms with van der Waals surface area (Å²) in [6.07, 6.45) is 12.0. The number of allylic oxidation sites excluding steroid dienone is 2. The van der Waals surface area contributed by atoms with Crippen LogP contribution in [0.25, 0.3) is 0 Å². The summed E-state index contributed by atoms with van der Waals surface area (Å²) < 4.78 is 5.54. The molecule has 0 aromatic rings. The van der Waals surface area contributed by atoms with Gasteiger partial charge in [0, 0.05) is 12.0 Å². The molecule has 1 N–H and O–H groups in total.